The summed E-state index contributed by atoms with van der Waals surface area (Å²) < 4.78 is 5.73. The van der Waals surface area contributed by atoms with Crippen LogP contribution in [0.1, 0.15) is 39.5 Å². The summed E-state index contributed by atoms with van der Waals surface area (Å²) in [6.07, 6.45) is 3.96. The van der Waals surface area contributed by atoms with Crippen LogP contribution in [0, 0.1) is 17.3 Å². The predicted molar refractivity (Wildman–Crippen MR) is 74.9 cm³/mol. The maximum Gasteiger partial charge on any atom is 0.241 e. The number of carbonyl (C=O) groups excluding carboxylic acids is 1. The fourth-order valence-corrected chi connectivity index (χ4v) is 4.58. The molecule has 1 saturated heterocycles. The molecule has 2 aliphatic carbocycles. The second kappa shape index (κ2) is 4.68. The summed E-state index contributed by atoms with van der Waals surface area (Å²) in [5, 5.41) is 12.5. The van der Waals surface area contributed by atoms with Gasteiger partial charge in [0.25, 0.3) is 0 Å². The van der Waals surface area contributed by atoms with Gasteiger partial charge in [0, 0.05) is 36.5 Å². The van der Waals surface area contributed by atoms with E-state index in [1.54, 1.807) is 0 Å². The Morgan fingerprint density at radius 1 is 1.40 bits per heavy atom. The van der Waals surface area contributed by atoms with E-state index in [1.165, 1.54) is 0 Å². The molecule has 4 N–H and O–H groups in total. The van der Waals surface area contributed by atoms with Crippen molar-refractivity contribution in [2.75, 3.05) is 13.2 Å². The predicted octanol–water partition coefficient (Wildman–Crippen LogP) is 0.406. The number of aliphatic hydroxyl groups excluding tert-OH is 1. The maximum absolute atomic E-state index is 12.7. The van der Waals surface area contributed by atoms with Crippen LogP contribution in [0.5, 0.6) is 0 Å². The Morgan fingerprint density at radius 2 is 2.15 bits per heavy atom. The van der Waals surface area contributed by atoms with Gasteiger partial charge in [-0.1, -0.05) is 20.3 Å². The summed E-state index contributed by atoms with van der Waals surface area (Å²) in [6.45, 7) is 4.89. The highest BCUT2D eigenvalue weighted by atomic mass is 16.5. The molecule has 1 heterocycles. The Bertz CT molecular complexity index is 412. The summed E-state index contributed by atoms with van der Waals surface area (Å²) in [7, 11) is 0. The zero-order valence-electron chi connectivity index (χ0n) is 12.4. The van der Waals surface area contributed by atoms with E-state index in [0.717, 1.165) is 25.7 Å². The lowest BCUT2D eigenvalue weighted by Gasteiger charge is -2.60. The Labute approximate surface area is 120 Å². The number of rotatable bonds is 3. The Morgan fingerprint density at radius 3 is 2.85 bits per heavy atom. The first-order valence-corrected chi connectivity index (χ1v) is 7.75. The average Bonchev–Trinajstić information content (AvgIpc) is 3.05. The van der Waals surface area contributed by atoms with Crippen molar-refractivity contribution in [2.45, 2.75) is 57.2 Å². The molecule has 5 atom stereocenters. The topological polar surface area (TPSA) is 84.6 Å². The van der Waals surface area contributed by atoms with Gasteiger partial charge in [0.15, 0.2) is 0 Å². The number of aliphatic hydroxyl groups is 1. The summed E-state index contributed by atoms with van der Waals surface area (Å²) in [5.41, 5.74) is 5.36. The van der Waals surface area contributed by atoms with Crippen LogP contribution in [0.25, 0.3) is 0 Å². The van der Waals surface area contributed by atoms with Gasteiger partial charge in [-0.25, -0.2) is 0 Å². The highest BCUT2D eigenvalue weighted by Gasteiger charge is 2.71. The standard InChI is InChI=1S/C15H26N2O3/c1-14(2)12-10(6-7-20-12)15(14,16)13(19)17-11-5-3-4-9(11)8-18/h9-12,18H,3-8,16H2,1-2H3,(H,17,19). The number of nitrogens with one attached hydrogen (secondary N) is 1. The van der Waals surface area contributed by atoms with Crippen molar-refractivity contribution in [1.29, 1.82) is 0 Å². The van der Waals surface area contributed by atoms with Crippen LogP contribution in [-0.4, -0.2) is 41.9 Å². The molecule has 0 aromatic carbocycles. The zero-order chi connectivity index (χ0) is 14.5. The van der Waals surface area contributed by atoms with Crippen molar-refractivity contribution >= 4 is 5.91 Å². The van der Waals surface area contributed by atoms with Crippen molar-refractivity contribution in [3.63, 3.8) is 0 Å². The molecule has 3 rings (SSSR count). The van der Waals surface area contributed by atoms with Gasteiger partial charge < -0.3 is 20.9 Å². The number of hydrogen-bond donors (Lipinski definition) is 3. The van der Waals surface area contributed by atoms with Crippen LogP contribution in [-0.2, 0) is 9.53 Å². The van der Waals surface area contributed by atoms with E-state index in [0.29, 0.717) is 6.61 Å². The lowest BCUT2D eigenvalue weighted by molar-refractivity contribution is -0.176. The molecule has 0 radical (unpaired) electrons. The third-order valence-corrected chi connectivity index (χ3v) is 6.04. The number of nitrogens with two attached hydrogens (primary N) is 1. The summed E-state index contributed by atoms with van der Waals surface area (Å²) in [6, 6.07) is 0.0742. The molecule has 5 unspecified atom stereocenters. The van der Waals surface area contributed by atoms with Crippen molar-refractivity contribution in [3.05, 3.63) is 0 Å². The van der Waals surface area contributed by atoms with E-state index in [1.807, 2.05) is 13.8 Å². The molecular formula is C15H26N2O3. The SMILES string of the molecule is CC1(C)C2OCCC2C1(N)C(=O)NC1CCCC1CO. The largest absolute Gasteiger partial charge is 0.396 e. The van der Waals surface area contributed by atoms with E-state index in [9.17, 15) is 9.90 Å². The van der Waals surface area contributed by atoms with Crippen LogP contribution in [0.4, 0.5) is 0 Å². The van der Waals surface area contributed by atoms with Crippen LogP contribution in [0.2, 0.25) is 0 Å². The number of carbonyl (C=O) groups is 1. The molecule has 3 aliphatic rings. The Balaban J connectivity index is 1.73. The molecule has 0 spiro atoms. The number of fused-ring (bicyclic) bond motifs is 1. The van der Waals surface area contributed by atoms with Crippen molar-refractivity contribution in [3.8, 4) is 0 Å². The Hall–Kier alpha value is -0.650. The third-order valence-electron chi connectivity index (χ3n) is 6.04. The quantitative estimate of drug-likeness (QED) is 0.700. The minimum atomic E-state index is -0.837. The average molecular weight is 282 g/mol. The third kappa shape index (κ3) is 1.69. The monoisotopic (exact) mass is 282 g/mol. The first kappa shape index (κ1) is 14.3. The molecule has 1 aliphatic heterocycles. The molecule has 0 bridgehead atoms. The molecule has 114 valence electrons. The molecule has 0 aromatic heterocycles. The summed E-state index contributed by atoms with van der Waals surface area (Å²) in [5.74, 6) is 0.257. The summed E-state index contributed by atoms with van der Waals surface area (Å²) >= 11 is 0. The summed E-state index contributed by atoms with van der Waals surface area (Å²) in [4.78, 5) is 12.7. The van der Waals surface area contributed by atoms with Gasteiger partial charge in [0.05, 0.1) is 6.10 Å². The molecule has 20 heavy (non-hydrogen) atoms. The normalized spacial score (nSPS) is 45.8. The van der Waals surface area contributed by atoms with Crippen molar-refractivity contribution in [1.82, 2.24) is 5.32 Å². The fraction of sp³-hybridized carbons (Fsp3) is 0.933. The second-order valence-corrected chi connectivity index (χ2v) is 7.23. The lowest BCUT2D eigenvalue weighted by atomic mass is 9.48. The van der Waals surface area contributed by atoms with Crippen LogP contribution in [0.15, 0.2) is 0 Å². The minimum absolute atomic E-state index is 0.0559. The fourth-order valence-electron chi connectivity index (χ4n) is 4.58. The van der Waals surface area contributed by atoms with Crippen LogP contribution in [0.3, 0.4) is 0 Å². The Kier molecular flexibility index (Phi) is 3.35. The van der Waals surface area contributed by atoms with E-state index in [2.05, 4.69) is 5.32 Å². The van der Waals surface area contributed by atoms with Gasteiger partial charge in [-0.3, -0.25) is 4.79 Å². The lowest BCUT2D eigenvalue weighted by Crippen LogP contribution is -2.80. The number of amides is 1. The van der Waals surface area contributed by atoms with Crippen LogP contribution < -0.4 is 11.1 Å². The van der Waals surface area contributed by atoms with Crippen molar-refractivity contribution in [2.24, 2.45) is 23.0 Å². The highest BCUT2D eigenvalue weighted by molar-refractivity contribution is 5.89. The van der Waals surface area contributed by atoms with E-state index < -0.39 is 5.54 Å². The van der Waals surface area contributed by atoms with Crippen LogP contribution >= 0.6 is 0 Å². The highest BCUT2D eigenvalue weighted by Crippen LogP contribution is 2.58. The molecule has 5 nitrogen and oxygen atoms in total. The molecule has 3 fully saturated rings. The van der Waals surface area contributed by atoms with E-state index in [4.69, 9.17) is 10.5 Å². The van der Waals surface area contributed by atoms with Gasteiger partial charge in [0.1, 0.15) is 5.54 Å². The maximum atomic E-state index is 12.7. The van der Waals surface area contributed by atoms with Gasteiger partial charge in [0.2, 0.25) is 5.91 Å². The van der Waals surface area contributed by atoms with Gasteiger partial charge >= 0.3 is 0 Å². The smallest absolute Gasteiger partial charge is 0.241 e. The van der Waals surface area contributed by atoms with Gasteiger partial charge in [-0.15, -0.1) is 0 Å². The second-order valence-electron chi connectivity index (χ2n) is 7.23. The van der Waals surface area contributed by atoms with E-state index in [-0.39, 0.29) is 41.9 Å². The first-order valence-electron chi connectivity index (χ1n) is 7.75. The molecule has 0 aromatic rings. The minimum Gasteiger partial charge on any atom is -0.396 e. The molecule has 1 amide bonds. The number of hydrogen-bond acceptors (Lipinski definition) is 4. The molecular weight excluding hydrogens is 256 g/mol. The number of ether oxygens (including phenoxy) is 1. The molecule has 2 saturated carbocycles. The van der Waals surface area contributed by atoms with Crippen molar-refractivity contribution < 1.29 is 14.6 Å². The first-order chi connectivity index (χ1) is 9.42. The molecule has 5 heteroatoms. The van der Waals surface area contributed by atoms with E-state index >= 15 is 0 Å². The zero-order valence-corrected chi connectivity index (χ0v) is 12.4. The van der Waals surface area contributed by atoms with Gasteiger partial charge in [-0.2, -0.15) is 0 Å². The van der Waals surface area contributed by atoms with Gasteiger partial charge in [-0.05, 0) is 19.3 Å².